The highest BCUT2D eigenvalue weighted by molar-refractivity contribution is 8.05. The van der Waals surface area contributed by atoms with Gasteiger partial charge in [-0.05, 0) is 11.5 Å². The molecule has 0 radical (unpaired) electrons. The minimum absolute atomic E-state index is 0.0735. The average Bonchev–Trinajstić information content (AvgIpc) is 2.01. The zero-order chi connectivity index (χ0) is 8.69. The van der Waals surface area contributed by atoms with Crippen molar-refractivity contribution in [1.29, 1.82) is 5.26 Å². The smallest absolute Gasteiger partial charge is 0.160 e. The van der Waals surface area contributed by atoms with Crippen LogP contribution in [0.3, 0.4) is 0 Å². The fraction of sp³-hybridized carbons (Fsp3) is 0. The van der Waals surface area contributed by atoms with E-state index >= 15 is 0 Å². The van der Waals surface area contributed by atoms with Gasteiger partial charge in [-0.15, -0.1) is 0 Å². The van der Waals surface area contributed by atoms with Crippen LogP contribution >= 0.6 is 11.8 Å². The fourth-order valence-corrected chi connectivity index (χ4v) is 0.816. The van der Waals surface area contributed by atoms with Crippen molar-refractivity contribution in [2.24, 2.45) is 0 Å². The minimum atomic E-state index is 0.0735. The van der Waals surface area contributed by atoms with Gasteiger partial charge in [0, 0.05) is 4.91 Å². The number of allylic oxidation sites excluding steroid dienone is 2. The van der Waals surface area contributed by atoms with Gasteiger partial charge in [-0.1, -0.05) is 24.9 Å². The Hall–Kier alpha value is -1.27. The van der Waals surface area contributed by atoms with Crippen molar-refractivity contribution >= 4 is 18.0 Å². The van der Waals surface area contributed by atoms with E-state index in [0.717, 1.165) is 0 Å². The summed E-state index contributed by atoms with van der Waals surface area (Å²) in [6.07, 6.45) is 1.91. The molecule has 0 atom stereocenters. The Kier molecular flexibility index (Phi) is 4.87. The number of hydrogen-bond donors (Lipinski definition) is 0. The summed E-state index contributed by atoms with van der Waals surface area (Å²) in [5.74, 6) is 0. The molecule has 0 spiro atoms. The van der Waals surface area contributed by atoms with Crippen LogP contribution < -0.4 is 0 Å². The Balaban J connectivity index is 4.29. The monoisotopic (exact) mass is 165 g/mol. The summed E-state index contributed by atoms with van der Waals surface area (Å²) in [5, 5.41) is 9.90. The van der Waals surface area contributed by atoms with Crippen LogP contribution in [0.15, 0.2) is 35.1 Å². The van der Waals surface area contributed by atoms with Gasteiger partial charge < -0.3 is 0 Å². The van der Waals surface area contributed by atoms with Crippen molar-refractivity contribution in [2.75, 3.05) is 0 Å². The van der Waals surface area contributed by atoms with Crippen LogP contribution in [-0.4, -0.2) is 6.29 Å². The third-order valence-corrected chi connectivity index (χ3v) is 1.39. The lowest BCUT2D eigenvalue weighted by molar-refractivity contribution is -0.104. The fourth-order valence-electron chi connectivity index (χ4n) is 0.407. The Bertz CT molecular complexity index is 247. The number of rotatable bonds is 4. The molecule has 0 aliphatic heterocycles. The van der Waals surface area contributed by atoms with Crippen LogP contribution in [0, 0.1) is 11.3 Å². The van der Waals surface area contributed by atoms with E-state index in [1.807, 2.05) is 0 Å². The first-order chi connectivity index (χ1) is 5.24. The molecular weight excluding hydrogens is 158 g/mol. The molecule has 3 heteroatoms. The van der Waals surface area contributed by atoms with Gasteiger partial charge in [0.25, 0.3) is 0 Å². The van der Waals surface area contributed by atoms with Crippen LogP contribution in [0.25, 0.3) is 0 Å². The largest absolute Gasteiger partial charge is 0.297 e. The third kappa shape index (κ3) is 4.18. The summed E-state index contributed by atoms with van der Waals surface area (Å²) >= 11 is 1.27. The molecule has 0 aliphatic rings. The van der Waals surface area contributed by atoms with E-state index in [-0.39, 0.29) is 5.57 Å². The molecule has 0 fully saturated rings. The molecule has 0 aromatic carbocycles. The maximum atomic E-state index is 10.1. The SMILES string of the molecule is C=CSC(=C)/C=C(\C#N)C=O. The van der Waals surface area contributed by atoms with Gasteiger partial charge in [-0.3, -0.25) is 4.79 Å². The van der Waals surface area contributed by atoms with E-state index in [1.54, 1.807) is 11.5 Å². The predicted octanol–water partition coefficient (Wildman–Crippen LogP) is 2.03. The number of nitrogens with zero attached hydrogens (tertiary/aromatic N) is 1. The van der Waals surface area contributed by atoms with Crippen LogP contribution in [0.4, 0.5) is 0 Å². The van der Waals surface area contributed by atoms with Gasteiger partial charge in [0.2, 0.25) is 0 Å². The maximum Gasteiger partial charge on any atom is 0.160 e. The van der Waals surface area contributed by atoms with Crippen molar-refractivity contribution in [3.05, 3.63) is 35.1 Å². The van der Waals surface area contributed by atoms with Crippen molar-refractivity contribution in [1.82, 2.24) is 0 Å². The number of hydrogen-bond acceptors (Lipinski definition) is 3. The quantitative estimate of drug-likeness (QED) is 0.277. The molecule has 2 nitrogen and oxygen atoms in total. The van der Waals surface area contributed by atoms with E-state index in [1.165, 1.54) is 17.8 Å². The highest BCUT2D eigenvalue weighted by atomic mass is 32.2. The predicted molar refractivity (Wildman–Crippen MR) is 46.7 cm³/mol. The van der Waals surface area contributed by atoms with Gasteiger partial charge in [0.15, 0.2) is 6.29 Å². The Morgan fingerprint density at radius 3 is 2.64 bits per heavy atom. The summed E-state index contributed by atoms with van der Waals surface area (Å²) in [6.45, 7) is 7.05. The number of carbonyl (C=O) groups is 1. The molecular formula is C8H7NOS. The molecule has 0 heterocycles. The Morgan fingerprint density at radius 2 is 2.27 bits per heavy atom. The molecule has 0 N–H and O–H groups in total. The highest BCUT2D eigenvalue weighted by Gasteiger charge is 1.92. The van der Waals surface area contributed by atoms with E-state index in [0.29, 0.717) is 11.2 Å². The summed E-state index contributed by atoms with van der Waals surface area (Å²) in [4.78, 5) is 10.7. The van der Waals surface area contributed by atoms with E-state index in [9.17, 15) is 4.79 Å². The topological polar surface area (TPSA) is 40.9 Å². The first-order valence-corrected chi connectivity index (χ1v) is 3.66. The first-order valence-electron chi connectivity index (χ1n) is 2.78. The van der Waals surface area contributed by atoms with Crippen molar-refractivity contribution in [3.8, 4) is 6.07 Å². The highest BCUT2D eigenvalue weighted by Crippen LogP contribution is 2.15. The number of aldehydes is 1. The van der Waals surface area contributed by atoms with E-state index < -0.39 is 0 Å². The minimum Gasteiger partial charge on any atom is -0.297 e. The second kappa shape index (κ2) is 5.51. The average molecular weight is 165 g/mol. The van der Waals surface area contributed by atoms with E-state index in [4.69, 9.17) is 5.26 Å². The van der Waals surface area contributed by atoms with Crippen LogP contribution in [0.1, 0.15) is 0 Å². The second-order valence-electron chi connectivity index (χ2n) is 1.58. The summed E-state index contributed by atoms with van der Waals surface area (Å²) in [6, 6.07) is 1.73. The Morgan fingerprint density at radius 1 is 1.64 bits per heavy atom. The van der Waals surface area contributed by atoms with Gasteiger partial charge in [0.05, 0.1) is 5.57 Å². The Labute approximate surface area is 69.9 Å². The van der Waals surface area contributed by atoms with Crippen LogP contribution in [-0.2, 0) is 4.79 Å². The summed E-state index contributed by atoms with van der Waals surface area (Å²) < 4.78 is 0. The van der Waals surface area contributed by atoms with E-state index in [2.05, 4.69) is 13.2 Å². The number of carbonyl (C=O) groups excluding carboxylic acids is 1. The third-order valence-electron chi connectivity index (χ3n) is 0.807. The molecule has 0 rings (SSSR count). The first kappa shape index (κ1) is 9.73. The molecule has 0 amide bonds. The molecule has 0 bridgehead atoms. The molecule has 0 saturated carbocycles. The van der Waals surface area contributed by atoms with Crippen LogP contribution in [0.5, 0.6) is 0 Å². The summed E-state index contributed by atoms with van der Waals surface area (Å²) in [5.41, 5.74) is 0.0735. The zero-order valence-electron chi connectivity index (χ0n) is 5.91. The standard InChI is InChI=1S/C8H7NOS/c1-3-11-7(2)4-8(5-9)6-10/h3-4,6H,1-2H2/b8-4+. The van der Waals surface area contributed by atoms with Crippen molar-refractivity contribution < 1.29 is 4.79 Å². The maximum absolute atomic E-state index is 10.1. The zero-order valence-corrected chi connectivity index (χ0v) is 6.73. The van der Waals surface area contributed by atoms with Crippen molar-refractivity contribution in [2.45, 2.75) is 0 Å². The molecule has 11 heavy (non-hydrogen) atoms. The van der Waals surface area contributed by atoms with Crippen molar-refractivity contribution in [3.63, 3.8) is 0 Å². The van der Waals surface area contributed by atoms with Gasteiger partial charge >= 0.3 is 0 Å². The lowest BCUT2D eigenvalue weighted by Crippen LogP contribution is -1.78. The normalized spacial score (nSPS) is 9.91. The van der Waals surface area contributed by atoms with Gasteiger partial charge in [-0.25, -0.2) is 0 Å². The second-order valence-corrected chi connectivity index (χ2v) is 2.67. The molecule has 0 aromatic heterocycles. The summed E-state index contributed by atoms with van der Waals surface area (Å²) in [7, 11) is 0. The molecule has 0 saturated heterocycles. The molecule has 0 aliphatic carbocycles. The molecule has 0 unspecified atom stereocenters. The molecule has 56 valence electrons. The number of nitriles is 1. The van der Waals surface area contributed by atoms with Gasteiger partial charge in [-0.2, -0.15) is 5.26 Å². The van der Waals surface area contributed by atoms with Crippen LogP contribution in [0.2, 0.25) is 0 Å². The molecule has 0 aromatic rings. The van der Waals surface area contributed by atoms with Gasteiger partial charge in [0.1, 0.15) is 6.07 Å². The number of thioether (sulfide) groups is 1. The lowest BCUT2D eigenvalue weighted by atomic mass is 10.3. The lowest BCUT2D eigenvalue weighted by Gasteiger charge is -1.90.